The number of likely N-dealkylation sites (tertiary alicyclic amines) is 1. The summed E-state index contributed by atoms with van der Waals surface area (Å²) in [6, 6.07) is 28.2. The minimum absolute atomic E-state index is 0.207. The molecule has 0 bridgehead atoms. The summed E-state index contributed by atoms with van der Waals surface area (Å²) < 4.78 is 13.9. The highest BCUT2D eigenvalue weighted by Crippen LogP contribution is 2.40. The lowest BCUT2D eigenvalue weighted by Gasteiger charge is -2.44. The number of imide groups is 1. The van der Waals surface area contributed by atoms with E-state index in [0.717, 1.165) is 20.4 Å². The first-order valence-electron chi connectivity index (χ1n) is 13.4. The third-order valence-electron chi connectivity index (χ3n) is 7.24. The third kappa shape index (κ3) is 6.21. The number of carbonyl (C=O) groups is 2. The highest BCUT2D eigenvalue weighted by molar-refractivity contribution is 9.10. The van der Waals surface area contributed by atoms with Gasteiger partial charge in [0.1, 0.15) is 5.60 Å². The molecule has 4 rings (SSSR count). The van der Waals surface area contributed by atoms with Gasteiger partial charge in [-0.1, -0.05) is 109 Å². The molecule has 2 amide bonds. The van der Waals surface area contributed by atoms with Gasteiger partial charge in [-0.25, -0.2) is 9.69 Å². The van der Waals surface area contributed by atoms with Crippen LogP contribution in [0.25, 0.3) is 0 Å². The summed E-state index contributed by atoms with van der Waals surface area (Å²) in [5, 5.41) is 2.07. The monoisotopic (exact) mass is 607 g/mol. The molecule has 0 N–H and O–H groups in total. The van der Waals surface area contributed by atoms with Crippen LogP contribution in [-0.2, 0) is 14.0 Å². The number of rotatable bonds is 6. The molecule has 2 atom stereocenters. The van der Waals surface area contributed by atoms with Gasteiger partial charge in [0.2, 0.25) is 5.91 Å². The summed E-state index contributed by atoms with van der Waals surface area (Å²) in [5.41, 5.74) is 0.268. The zero-order chi connectivity index (χ0) is 28.4. The molecule has 0 unspecified atom stereocenters. The van der Waals surface area contributed by atoms with E-state index in [4.69, 9.17) is 9.16 Å². The van der Waals surface area contributed by atoms with Crippen molar-refractivity contribution in [2.45, 2.75) is 70.6 Å². The average molecular weight is 609 g/mol. The number of amides is 2. The molecule has 3 aromatic rings. The van der Waals surface area contributed by atoms with Gasteiger partial charge in [-0.2, -0.15) is 0 Å². The van der Waals surface area contributed by atoms with Gasteiger partial charge in [0.25, 0.3) is 8.32 Å². The van der Waals surface area contributed by atoms with Crippen LogP contribution in [-0.4, -0.2) is 43.5 Å². The summed E-state index contributed by atoms with van der Waals surface area (Å²) >= 11 is 3.51. The molecule has 5 nitrogen and oxygen atoms in total. The van der Waals surface area contributed by atoms with Crippen LogP contribution >= 0.6 is 15.9 Å². The van der Waals surface area contributed by atoms with Crippen LogP contribution in [0.3, 0.4) is 0 Å². The molecule has 0 aliphatic carbocycles. The van der Waals surface area contributed by atoms with Crippen LogP contribution in [0.5, 0.6) is 0 Å². The average Bonchev–Trinajstić information content (AvgIpc) is 3.20. The van der Waals surface area contributed by atoms with E-state index in [1.54, 1.807) is 0 Å². The second-order valence-corrected chi connectivity index (χ2v) is 17.4. The zero-order valence-electron chi connectivity index (χ0n) is 23.6. The molecule has 3 aromatic carbocycles. The minimum Gasteiger partial charge on any atom is -0.443 e. The Morgan fingerprint density at radius 3 is 1.85 bits per heavy atom. The molecule has 0 radical (unpaired) electrons. The fourth-order valence-corrected chi connectivity index (χ4v) is 10.4. The highest BCUT2D eigenvalue weighted by atomic mass is 79.9. The van der Waals surface area contributed by atoms with Gasteiger partial charge >= 0.3 is 6.09 Å². The normalized spacial score (nSPS) is 18.3. The Morgan fingerprint density at radius 1 is 0.872 bits per heavy atom. The van der Waals surface area contributed by atoms with Gasteiger partial charge in [-0.3, -0.25) is 4.79 Å². The number of carbonyl (C=O) groups excluding carboxylic acids is 2. The van der Waals surface area contributed by atoms with E-state index >= 15 is 0 Å². The van der Waals surface area contributed by atoms with E-state index in [1.807, 2.05) is 81.4 Å². The second kappa shape index (κ2) is 11.4. The Balaban J connectivity index is 1.80. The lowest BCUT2D eigenvalue weighted by molar-refractivity contribution is -0.128. The van der Waals surface area contributed by atoms with Gasteiger partial charge in [0.05, 0.1) is 12.6 Å². The lowest BCUT2D eigenvalue weighted by Crippen LogP contribution is -2.67. The zero-order valence-corrected chi connectivity index (χ0v) is 26.2. The standard InChI is InChI=1S/C32H38BrNO4Si/c1-31(2,3)38-30(36)34-28(27(21-29(34)35)23-17-19-24(33)20-18-23)22-37-39(32(4,5)6,25-13-9-7-10-14-25)26-15-11-8-12-16-26/h7-20,27-28H,21-22H2,1-6H3/t27-,28-/m0/s1. The largest absolute Gasteiger partial charge is 0.443 e. The molecule has 0 spiro atoms. The van der Waals surface area contributed by atoms with Crippen molar-refractivity contribution in [1.82, 2.24) is 4.90 Å². The summed E-state index contributed by atoms with van der Waals surface area (Å²) in [7, 11) is -2.89. The molecule has 7 heteroatoms. The van der Waals surface area contributed by atoms with Crippen molar-refractivity contribution < 1.29 is 18.8 Å². The van der Waals surface area contributed by atoms with Crippen molar-refractivity contribution in [2.75, 3.05) is 6.61 Å². The van der Waals surface area contributed by atoms with Crippen molar-refractivity contribution >= 4 is 46.6 Å². The molecule has 1 fully saturated rings. The summed E-state index contributed by atoms with van der Waals surface area (Å²) in [6.45, 7) is 12.3. The third-order valence-corrected chi connectivity index (χ3v) is 12.8. The maximum absolute atomic E-state index is 13.4. The van der Waals surface area contributed by atoms with Gasteiger partial charge in [0, 0.05) is 16.8 Å². The Kier molecular flexibility index (Phi) is 8.54. The number of benzene rings is 3. The van der Waals surface area contributed by atoms with Crippen molar-refractivity contribution in [3.05, 3.63) is 95.0 Å². The maximum atomic E-state index is 13.4. The fourth-order valence-electron chi connectivity index (χ4n) is 5.55. The summed E-state index contributed by atoms with van der Waals surface area (Å²) in [6.07, 6.45) is -0.404. The van der Waals surface area contributed by atoms with Crippen molar-refractivity contribution in [3.8, 4) is 0 Å². The number of nitrogens with zero attached hydrogens (tertiary/aromatic N) is 1. The summed E-state index contributed by atoms with van der Waals surface area (Å²) in [5.74, 6) is -0.454. The molecular weight excluding hydrogens is 570 g/mol. The van der Waals surface area contributed by atoms with E-state index in [0.29, 0.717) is 0 Å². The van der Waals surface area contributed by atoms with Gasteiger partial charge in [-0.15, -0.1) is 0 Å². The predicted molar refractivity (Wildman–Crippen MR) is 162 cm³/mol. The molecule has 1 saturated heterocycles. The van der Waals surface area contributed by atoms with Crippen LogP contribution in [0.1, 0.15) is 59.4 Å². The smallest absolute Gasteiger partial charge is 0.417 e. The molecule has 1 aliphatic rings. The van der Waals surface area contributed by atoms with Crippen molar-refractivity contribution in [2.24, 2.45) is 0 Å². The highest BCUT2D eigenvalue weighted by Gasteiger charge is 2.53. The van der Waals surface area contributed by atoms with Gasteiger partial charge in [-0.05, 0) is 53.9 Å². The molecule has 39 heavy (non-hydrogen) atoms. The van der Waals surface area contributed by atoms with Crippen LogP contribution < -0.4 is 10.4 Å². The Bertz CT molecular complexity index is 1240. The van der Waals surface area contributed by atoms with E-state index in [-0.39, 0.29) is 29.9 Å². The minimum atomic E-state index is -2.89. The Hall–Kier alpha value is -2.74. The van der Waals surface area contributed by atoms with Gasteiger partial charge in [0.15, 0.2) is 0 Å². The van der Waals surface area contributed by atoms with Crippen LogP contribution in [0.2, 0.25) is 5.04 Å². The molecular formula is C32H38BrNO4Si. The predicted octanol–water partition coefficient (Wildman–Crippen LogP) is 6.65. The van der Waals surface area contributed by atoms with Crippen LogP contribution in [0.15, 0.2) is 89.4 Å². The van der Waals surface area contributed by atoms with E-state index in [1.165, 1.54) is 4.90 Å². The molecule has 1 aliphatic heterocycles. The number of ether oxygens (including phenoxy) is 1. The SMILES string of the molecule is CC(C)(C)OC(=O)N1C(=O)C[C@@H](c2ccc(Br)cc2)[C@@H]1CO[Si](c1ccccc1)(c1ccccc1)C(C)(C)C. The number of hydrogen-bond donors (Lipinski definition) is 0. The Morgan fingerprint density at radius 2 is 1.38 bits per heavy atom. The van der Waals surface area contributed by atoms with Gasteiger partial charge < -0.3 is 9.16 Å². The lowest BCUT2D eigenvalue weighted by atomic mass is 9.92. The molecule has 1 heterocycles. The fraction of sp³-hybridized carbons (Fsp3) is 0.375. The van der Waals surface area contributed by atoms with Crippen LogP contribution in [0, 0.1) is 0 Å². The quantitative estimate of drug-likeness (QED) is 0.295. The maximum Gasteiger partial charge on any atom is 0.417 e. The summed E-state index contributed by atoms with van der Waals surface area (Å²) in [4.78, 5) is 28.1. The van der Waals surface area contributed by atoms with Crippen molar-refractivity contribution in [3.63, 3.8) is 0 Å². The van der Waals surface area contributed by atoms with Crippen molar-refractivity contribution in [1.29, 1.82) is 0 Å². The van der Waals surface area contributed by atoms with E-state index in [2.05, 4.69) is 61.0 Å². The Labute approximate surface area is 241 Å². The van der Waals surface area contributed by atoms with E-state index in [9.17, 15) is 9.59 Å². The van der Waals surface area contributed by atoms with E-state index < -0.39 is 26.1 Å². The molecule has 0 saturated carbocycles. The first-order chi connectivity index (χ1) is 18.3. The molecule has 0 aromatic heterocycles. The molecule has 206 valence electrons. The topological polar surface area (TPSA) is 55.8 Å². The first kappa shape index (κ1) is 29.2. The van der Waals surface area contributed by atoms with Crippen LogP contribution in [0.4, 0.5) is 4.79 Å². The number of halogens is 1. The first-order valence-corrected chi connectivity index (χ1v) is 16.1. The second-order valence-electron chi connectivity index (χ2n) is 12.1. The number of hydrogen-bond acceptors (Lipinski definition) is 4.